The lowest BCUT2D eigenvalue weighted by atomic mass is 10.1. The standard InChI is InChI=1S/C17H26N2O3/c1-13(20)14-7-5-6-8-15(14)18-9-11-19(12-10-18)16(21)22-17(2,3)4/h5-8,13,20H,9-12H2,1-4H3. The molecule has 0 spiro atoms. The van der Waals surface area contributed by atoms with Crippen LogP contribution in [-0.2, 0) is 4.74 Å². The Kier molecular flexibility index (Phi) is 4.96. The van der Waals surface area contributed by atoms with Crippen molar-refractivity contribution in [3.05, 3.63) is 29.8 Å². The van der Waals surface area contributed by atoms with Crippen LogP contribution in [0.1, 0.15) is 39.4 Å². The summed E-state index contributed by atoms with van der Waals surface area (Å²) in [6, 6.07) is 7.87. The number of amides is 1. The number of aliphatic hydroxyl groups excluding tert-OH is 1. The van der Waals surface area contributed by atoms with Gasteiger partial charge < -0.3 is 19.6 Å². The van der Waals surface area contributed by atoms with Crippen molar-refractivity contribution in [2.24, 2.45) is 0 Å². The molecule has 122 valence electrons. The second-order valence-corrected chi connectivity index (χ2v) is 6.69. The summed E-state index contributed by atoms with van der Waals surface area (Å²) in [7, 11) is 0. The number of anilines is 1. The average Bonchev–Trinajstić information content (AvgIpc) is 2.45. The maximum atomic E-state index is 12.1. The van der Waals surface area contributed by atoms with Crippen LogP contribution in [0.25, 0.3) is 0 Å². The molecule has 1 aliphatic rings. The van der Waals surface area contributed by atoms with E-state index in [1.807, 2.05) is 45.0 Å². The molecule has 1 atom stereocenters. The molecule has 1 heterocycles. The molecule has 5 nitrogen and oxygen atoms in total. The van der Waals surface area contributed by atoms with Gasteiger partial charge in [0.25, 0.3) is 0 Å². The van der Waals surface area contributed by atoms with Crippen LogP contribution in [-0.4, -0.2) is 47.9 Å². The number of carbonyl (C=O) groups is 1. The molecule has 1 N–H and O–H groups in total. The maximum absolute atomic E-state index is 12.1. The molecule has 1 fully saturated rings. The molecule has 22 heavy (non-hydrogen) atoms. The first-order valence-corrected chi connectivity index (χ1v) is 7.78. The minimum Gasteiger partial charge on any atom is -0.444 e. The first-order chi connectivity index (χ1) is 10.3. The third-order valence-corrected chi connectivity index (χ3v) is 3.66. The van der Waals surface area contributed by atoms with E-state index in [9.17, 15) is 9.90 Å². The lowest BCUT2D eigenvalue weighted by Crippen LogP contribution is -2.50. The molecule has 0 bridgehead atoms. The number of piperazine rings is 1. The van der Waals surface area contributed by atoms with E-state index in [0.29, 0.717) is 13.1 Å². The Bertz CT molecular complexity index is 515. The van der Waals surface area contributed by atoms with Gasteiger partial charge in [-0.2, -0.15) is 0 Å². The molecule has 1 aliphatic heterocycles. The fourth-order valence-corrected chi connectivity index (χ4v) is 2.59. The number of carbonyl (C=O) groups excluding carboxylic acids is 1. The van der Waals surface area contributed by atoms with Crippen molar-refractivity contribution in [1.29, 1.82) is 0 Å². The predicted molar refractivity (Wildman–Crippen MR) is 87.1 cm³/mol. The van der Waals surface area contributed by atoms with E-state index in [2.05, 4.69) is 4.90 Å². The highest BCUT2D eigenvalue weighted by atomic mass is 16.6. The van der Waals surface area contributed by atoms with E-state index >= 15 is 0 Å². The summed E-state index contributed by atoms with van der Waals surface area (Å²) >= 11 is 0. The van der Waals surface area contributed by atoms with Gasteiger partial charge in [-0.1, -0.05) is 18.2 Å². The molecule has 2 rings (SSSR count). The summed E-state index contributed by atoms with van der Waals surface area (Å²) in [5.41, 5.74) is 1.50. The van der Waals surface area contributed by atoms with E-state index in [-0.39, 0.29) is 6.09 Å². The van der Waals surface area contributed by atoms with Gasteiger partial charge >= 0.3 is 6.09 Å². The lowest BCUT2D eigenvalue weighted by molar-refractivity contribution is 0.0240. The highest BCUT2D eigenvalue weighted by Crippen LogP contribution is 2.27. The molecule has 0 aliphatic carbocycles. The Hall–Kier alpha value is -1.75. The van der Waals surface area contributed by atoms with Crippen LogP contribution in [0.2, 0.25) is 0 Å². The Morgan fingerprint density at radius 3 is 2.32 bits per heavy atom. The fraction of sp³-hybridized carbons (Fsp3) is 0.588. The number of hydrogen-bond donors (Lipinski definition) is 1. The first-order valence-electron chi connectivity index (χ1n) is 7.78. The van der Waals surface area contributed by atoms with Gasteiger partial charge in [-0.25, -0.2) is 4.79 Å². The number of ether oxygens (including phenoxy) is 1. The molecular weight excluding hydrogens is 280 g/mol. The van der Waals surface area contributed by atoms with Gasteiger partial charge in [-0.3, -0.25) is 0 Å². The lowest BCUT2D eigenvalue weighted by Gasteiger charge is -2.37. The largest absolute Gasteiger partial charge is 0.444 e. The zero-order valence-electron chi connectivity index (χ0n) is 13.9. The predicted octanol–water partition coefficient (Wildman–Crippen LogP) is 2.80. The van der Waals surface area contributed by atoms with Gasteiger partial charge in [-0.15, -0.1) is 0 Å². The number of nitrogens with zero attached hydrogens (tertiary/aromatic N) is 2. The molecule has 0 radical (unpaired) electrons. The molecule has 0 saturated carbocycles. The number of rotatable bonds is 2. The molecule has 1 unspecified atom stereocenters. The van der Waals surface area contributed by atoms with Crippen LogP contribution in [0.3, 0.4) is 0 Å². The second kappa shape index (κ2) is 6.57. The van der Waals surface area contributed by atoms with Crippen LogP contribution < -0.4 is 4.90 Å². The zero-order valence-corrected chi connectivity index (χ0v) is 13.9. The summed E-state index contributed by atoms with van der Waals surface area (Å²) < 4.78 is 5.41. The monoisotopic (exact) mass is 306 g/mol. The van der Waals surface area contributed by atoms with Crippen LogP contribution in [0.15, 0.2) is 24.3 Å². The molecular formula is C17H26N2O3. The van der Waals surface area contributed by atoms with Crippen LogP contribution in [0.4, 0.5) is 10.5 Å². The van der Waals surface area contributed by atoms with Crippen molar-refractivity contribution in [3.63, 3.8) is 0 Å². The zero-order chi connectivity index (χ0) is 16.3. The van der Waals surface area contributed by atoms with E-state index < -0.39 is 11.7 Å². The third-order valence-electron chi connectivity index (χ3n) is 3.66. The van der Waals surface area contributed by atoms with Gasteiger partial charge in [-0.05, 0) is 33.8 Å². The number of benzene rings is 1. The fourth-order valence-electron chi connectivity index (χ4n) is 2.59. The summed E-state index contributed by atoms with van der Waals surface area (Å²) in [4.78, 5) is 16.0. The van der Waals surface area contributed by atoms with E-state index in [0.717, 1.165) is 24.3 Å². The van der Waals surface area contributed by atoms with Crippen molar-refractivity contribution in [3.8, 4) is 0 Å². The van der Waals surface area contributed by atoms with Crippen LogP contribution in [0, 0.1) is 0 Å². The highest BCUT2D eigenvalue weighted by molar-refractivity contribution is 5.68. The van der Waals surface area contributed by atoms with E-state index in [1.165, 1.54) is 0 Å². The van der Waals surface area contributed by atoms with Gasteiger partial charge in [0.1, 0.15) is 5.60 Å². The van der Waals surface area contributed by atoms with E-state index in [1.54, 1.807) is 11.8 Å². The first kappa shape index (κ1) is 16.6. The Labute approximate surface area is 132 Å². The molecule has 1 aromatic carbocycles. The van der Waals surface area contributed by atoms with Gasteiger partial charge in [0, 0.05) is 37.4 Å². The number of para-hydroxylation sites is 1. The Balaban J connectivity index is 2.00. The summed E-state index contributed by atoms with van der Waals surface area (Å²) in [6.45, 7) is 10.1. The van der Waals surface area contributed by atoms with Crippen molar-refractivity contribution in [1.82, 2.24) is 4.90 Å². The maximum Gasteiger partial charge on any atom is 0.410 e. The van der Waals surface area contributed by atoms with Crippen LogP contribution >= 0.6 is 0 Å². The summed E-state index contributed by atoms with van der Waals surface area (Å²) in [6.07, 6.45) is -0.754. The molecule has 5 heteroatoms. The van der Waals surface area contributed by atoms with E-state index in [4.69, 9.17) is 4.74 Å². The van der Waals surface area contributed by atoms with Gasteiger partial charge in [0.2, 0.25) is 0 Å². The topological polar surface area (TPSA) is 53.0 Å². The van der Waals surface area contributed by atoms with Crippen molar-refractivity contribution >= 4 is 11.8 Å². The molecule has 1 aromatic rings. The SMILES string of the molecule is CC(O)c1ccccc1N1CCN(C(=O)OC(C)(C)C)CC1. The summed E-state index contributed by atoms with van der Waals surface area (Å²) in [5.74, 6) is 0. The van der Waals surface area contributed by atoms with Crippen molar-refractivity contribution in [2.75, 3.05) is 31.1 Å². The van der Waals surface area contributed by atoms with Crippen LogP contribution in [0.5, 0.6) is 0 Å². The molecule has 1 amide bonds. The Morgan fingerprint density at radius 2 is 1.77 bits per heavy atom. The normalized spacial score (nSPS) is 17.3. The smallest absolute Gasteiger partial charge is 0.410 e. The third kappa shape index (κ3) is 4.13. The molecule has 0 aromatic heterocycles. The van der Waals surface area contributed by atoms with Crippen molar-refractivity contribution < 1.29 is 14.6 Å². The average molecular weight is 306 g/mol. The second-order valence-electron chi connectivity index (χ2n) is 6.69. The number of aliphatic hydroxyl groups is 1. The molecule has 1 saturated heterocycles. The number of hydrogen-bond acceptors (Lipinski definition) is 4. The summed E-state index contributed by atoms with van der Waals surface area (Å²) in [5, 5.41) is 9.89. The minimum absolute atomic E-state index is 0.254. The Morgan fingerprint density at radius 1 is 1.18 bits per heavy atom. The van der Waals surface area contributed by atoms with Crippen molar-refractivity contribution in [2.45, 2.75) is 39.4 Å². The van der Waals surface area contributed by atoms with Gasteiger partial charge in [0.05, 0.1) is 6.10 Å². The quantitative estimate of drug-likeness (QED) is 0.913. The highest BCUT2D eigenvalue weighted by Gasteiger charge is 2.26. The van der Waals surface area contributed by atoms with Gasteiger partial charge in [0.15, 0.2) is 0 Å². The minimum atomic E-state index is -0.500.